The van der Waals surface area contributed by atoms with Gasteiger partial charge in [-0.25, -0.2) is 8.78 Å². The van der Waals surface area contributed by atoms with Crippen LogP contribution in [-0.4, -0.2) is 65.8 Å². The molecule has 144 valence electrons. The maximum Gasteiger partial charge on any atom is 0.253 e. The van der Waals surface area contributed by atoms with Crippen molar-refractivity contribution in [2.75, 3.05) is 37.7 Å². The van der Waals surface area contributed by atoms with Crippen molar-refractivity contribution < 1.29 is 18.3 Å². The molecule has 2 fully saturated rings. The van der Waals surface area contributed by atoms with Gasteiger partial charge in [0.2, 0.25) is 0 Å². The highest BCUT2D eigenvalue weighted by molar-refractivity contribution is 5.82. The number of nitrogens with zero attached hydrogens (tertiary/aromatic N) is 4. The minimum atomic E-state index is -2.67. The minimum absolute atomic E-state index is 0.0752. The second-order valence-electron chi connectivity index (χ2n) is 8.01. The molecular weight excluding hydrogens is 342 g/mol. The molecule has 0 aliphatic carbocycles. The fourth-order valence-corrected chi connectivity index (χ4v) is 3.16. The van der Waals surface area contributed by atoms with E-state index in [-0.39, 0.29) is 37.3 Å². The van der Waals surface area contributed by atoms with E-state index < -0.39 is 12.0 Å². The van der Waals surface area contributed by atoms with Crippen molar-refractivity contribution in [1.29, 1.82) is 0 Å². The van der Waals surface area contributed by atoms with Crippen LogP contribution in [0.1, 0.15) is 39.3 Å². The van der Waals surface area contributed by atoms with E-state index in [1.54, 1.807) is 0 Å². The zero-order chi connectivity index (χ0) is 18.9. The molecule has 2 aliphatic heterocycles. The van der Waals surface area contributed by atoms with Gasteiger partial charge in [0.25, 0.3) is 11.8 Å². The van der Waals surface area contributed by atoms with Crippen molar-refractivity contribution in [3.8, 4) is 0 Å². The second kappa shape index (κ2) is 7.06. The topological polar surface area (TPSA) is 58.6 Å². The molecule has 1 aromatic heterocycles. The SMILES string of the molecule is CC(C)(C)c1ccc(N2CCOC(C(=O)N3CCC(F)(F)CC3)C2)nn1. The molecule has 3 rings (SSSR count). The molecule has 0 radical (unpaired) electrons. The van der Waals surface area contributed by atoms with E-state index >= 15 is 0 Å². The Bertz CT molecular complexity index is 636. The van der Waals surface area contributed by atoms with E-state index in [9.17, 15) is 13.6 Å². The first-order chi connectivity index (χ1) is 12.2. The normalized spacial score (nSPS) is 23.8. The summed E-state index contributed by atoms with van der Waals surface area (Å²) in [4.78, 5) is 16.1. The van der Waals surface area contributed by atoms with Gasteiger partial charge in [0, 0.05) is 37.9 Å². The van der Waals surface area contributed by atoms with Crippen molar-refractivity contribution in [3.63, 3.8) is 0 Å². The standard InChI is InChI=1S/C18H26F2N4O2/c1-17(2,3)14-4-5-15(22-21-14)24-10-11-26-13(12-24)16(25)23-8-6-18(19,20)7-9-23/h4-5,13H,6-12H2,1-3H3. The van der Waals surface area contributed by atoms with Gasteiger partial charge in [-0.1, -0.05) is 20.8 Å². The fourth-order valence-electron chi connectivity index (χ4n) is 3.16. The van der Waals surface area contributed by atoms with E-state index in [4.69, 9.17) is 4.74 Å². The Morgan fingerprint density at radius 3 is 2.46 bits per heavy atom. The number of morpholine rings is 1. The first kappa shape index (κ1) is 18.9. The predicted molar refractivity (Wildman–Crippen MR) is 93.4 cm³/mol. The second-order valence-corrected chi connectivity index (χ2v) is 8.01. The van der Waals surface area contributed by atoms with Crippen molar-refractivity contribution >= 4 is 11.7 Å². The number of anilines is 1. The number of likely N-dealkylation sites (tertiary alicyclic amines) is 1. The van der Waals surface area contributed by atoms with Gasteiger partial charge in [-0.3, -0.25) is 4.79 Å². The largest absolute Gasteiger partial charge is 0.365 e. The van der Waals surface area contributed by atoms with Crippen molar-refractivity contribution in [1.82, 2.24) is 15.1 Å². The molecule has 1 amide bonds. The highest BCUT2D eigenvalue weighted by Crippen LogP contribution is 2.28. The summed E-state index contributed by atoms with van der Waals surface area (Å²) in [6, 6.07) is 3.85. The zero-order valence-electron chi connectivity index (χ0n) is 15.5. The first-order valence-corrected chi connectivity index (χ1v) is 9.03. The van der Waals surface area contributed by atoms with Crippen LogP contribution in [0.15, 0.2) is 12.1 Å². The van der Waals surface area contributed by atoms with Crippen LogP contribution >= 0.6 is 0 Å². The molecule has 0 spiro atoms. The number of carbonyl (C=O) groups is 1. The van der Waals surface area contributed by atoms with Gasteiger partial charge >= 0.3 is 0 Å². The van der Waals surface area contributed by atoms with Crippen LogP contribution < -0.4 is 4.90 Å². The van der Waals surface area contributed by atoms with Crippen LogP contribution in [0.3, 0.4) is 0 Å². The molecule has 3 heterocycles. The lowest BCUT2D eigenvalue weighted by molar-refractivity contribution is -0.150. The number of piperidine rings is 1. The smallest absolute Gasteiger partial charge is 0.253 e. The number of hydrogen-bond acceptors (Lipinski definition) is 5. The van der Waals surface area contributed by atoms with E-state index in [2.05, 4.69) is 31.0 Å². The van der Waals surface area contributed by atoms with Gasteiger partial charge in [0.1, 0.15) is 0 Å². The monoisotopic (exact) mass is 368 g/mol. The molecule has 6 nitrogen and oxygen atoms in total. The van der Waals surface area contributed by atoms with Crippen LogP contribution in [0.25, 0.3) is 0 Å². The summed E-state index contributed by atoms with van der Waals surface area (Å²) in [5, 5.41) is 8.58. The number of ether oxygens (including phenoxy) is 1. The molecule has 0 N–H and O–H groups in total. The van der Waals surface area contributed by atoms with Gasteiger partial charge < -0.3 is 14.5 Å². The van der Waals surface area contributed by atoms with Crippen LogP contribution in [0.2, 0.25) is 0 Å². The fraction of sp³-hybridized carbons (Fsp3) is 0.722. The number of amides is 1. The lowest BCUT2D eigenvalue weighted by Gasteiger charge is -2.37. The summed E-state index contributed by atoms with van der Waals surface area (Å²) < 4.78 is 32.2. The average molecular weight is 368 g/mol. The van der Waals surface area contributed by atoms with Gasteiger partial charge in [-0.15, -0.1) is 5.10 Å². The summed E-state index contributed by atoms with van der Waals surface area (Å²) in [5.74, 6) is -2.19. The lowest BCUT2D eigenvalue weighted by Crippen LogP contribution is -2.53. The summed E-state index contributed by atoms with van der Waals surface area (Å²) in [6.45, 7) is 7.73. The lowest BCUT2D eigenvalue weighted by atomic mass is 9.92. The molecule has 0 bridgehead atoms. The van der Waals surface area contributed by atoms with E-state index in [0.29, 0.717) is 25.5 Å². The third kappa shape index (κ3) is 4.28. The molecule has 2 saturated heterocycles. The number of halogens is 2. The quantitative estimate of drug-likeness (QED) is 0.801. The van der Waals surface area contributed by atoms with Crippen molar-refractivity contribution in [2.24, 2.45) is 0 Å². The van der Waals surface area contributed by atoms with Gasteiger partial charge in [0.05, 0.1) is 18.8 Å². The first-order valence-electron chi connectivity index (χ1n) is 9.03. The van der Waals surface area contributed by atoms with Gasteiger partial charge in [-0.05, 0) is 12.1 Å². The van der Waals surface area contributed by atoms with E-state index in [0.717, 1.165) is 5.69 Å². The Morgan fingerprint density at radius 1 is 1.19 bits per heavy atom. The Hall–Kier alpha value is -1.83. The minimum Gasteiger partial charge on any atom is -0.365 e. The highest BCUT2D eigenvalue weighted by atomic mass is 19.3. The molecule has 1 unspecified atom stereocenters. The van der Waals surface area contributed by atoms with Gasteiger partial charge in [-0.2, -0.15) is 5.10 Å². The average Bonchev–Trinajstić information content (AvgIpc) is 2.61. The Kier molecular flexibility index (Phi) is 5.14. The number of carbonyl (C=O) groups excluding carboxylic acids is 1. The number of hydrogen-bond donors (Lipinski definition) is 0. The molecule has 26 heavy (non-hydrogen) atoms. The molecule has 2 aliphatic rings. The summed E-state index contributed by atoms with van der Waals surface area (Å²) in [7, 11) is 0. The van der Waals surface area contributed by atoms with Crippen molar-refractivity contribution in [2.45, 2.75) is 51.1 Å². The van der Waals surface area contributed by atoms with Crippen LogP contribution in [0.5, 0.6) is 0 Å². The molecule has 1 aromatic rings. The van der Waals surface area contributed by atoms with Crippen LogP contribution in [-0.2, 0) is 14.9 Å². The Labute approximate surface area is 152 Å². The number of rotatable bonds is 2. The van der Waals surface area contributed by atoms with Crippen LogP contribution in [0, 0.1) is 0 Å². The third-order valence-electron chi connectivity index (χ3n) is 4.89. The molecule has 0 saturated carbocycles. The molecule has 0 aromatic carbocycles. The van der Waals surface area contributed by atoms with E-state index in [1.807, 2.05) is 17.0 Å². The number of aromatic nitrogens is 2. The molecule has 1 atom stereocenters. The van der Waals surface area contributed by atoms with E-state index in [1.165, 1.54) is 4.90 Å². The zero-order valence-corrected chi connectivity index (χ0v) is 15.5. The maximum absolute atomic E-state index is 13.3. The maximum atomic E-state index is 13.3. The van der Waals surface area contributed by atoms with Crippen LogP contribution in [0.4, 0.5) is 14.6 Å². The third-order valence-corrected chi connectivity index (χ3v) is 4.89. The Balaban J connectivity index is 1.63. The van der Waals surface area contributed by atoms with Crippen molar-refractivity contribution in [3.05, 3.63) is 17.8 Å². The predicted octanol–water partition coefficient (Wildman–Crippen LogP) is 2.24. The number of alkyl halides is 2. The summed E-state index contributed by atoms with van der Waals surface area (Å²) >= 11 is 0. The summed E-state index contributed by atoms with van der Waals surface area (Å²) in [5.41, 5.74) is 0.821. The van der Waals surface area contributed by atoms with Gasteiger partial charge in [0.15, 0.2) is 11.9 Å². The molecule has 8 heteroatoms. The molecular formula is C18H26F2N4O2. The Morgan fingerprint density at radius 2 is 1.88 bits per heavy atom. The summed E-state index contributed by atoms with van der Waals surface area (Å²) in [6.07, 6.45) is -1.22. The highest BCUT2D eigenvalue weighted by Gasteiger charge is 2.38.